The summed E-state index contributed by atoms with van der Waals surface area (Å²) < 4.78 is 7.13. The monoisotopic (exact) mass is 383 g/mol. The molecule has 0 atom stereocenters. The van der Waals surface area contributed by atoms with Crippen molar-refractivity contribution in [1.29, 1.82) is 0 Å². The standard InChI is InChI=1S/C20H18ClN3O3/c1-3-19-18(12-22-24(19)16-6-4-5-14(21)11-16)20(26)27-17-9-7-15(8-10-17)23-13(2)25/h4-12H,3H2,1-2H3,(H,23,25). The second-order valence-corrected chi connectivity index (χ2v) is 6.28. The number of carbonyl (C=O) groups is 2. The van der Waals surface area contributed by atoms with Crippen LogP contribution in [0.5, 0.6) is 5.75 Å². The zero-order valence-electron chi connectivity index (χ0n) is 14.9. The van der Waals surface area contributed by atoms with E-state index in [2.05, 4.69) is 10.4 Å². The highest BCUT2D eigenvalue weighted by Gasteiger charge is 2.19. The normalized spacial score (nSPS) is 10.5. The molecule has 0 unspecified atom stereocenters. The number of hydrogen-bond donors (Lipinski definition) is 1. The van der Waals surface area contributed by atoms with Crippen LogP contribution in [0, 0.1) is 0 Å². The smallest absolute Gasteiger partial charge is 0.347 e. The molecule has 1 heterocycles. The summed E-state index contributed by atoms with van der Waals surface area (Å²) in [4.78, 5) is 23.7. The Morgan fingerprint density at radius 2 is 1.93 bits per heavy atom. The predicted molar refractivity (Wildman–Crippen MR) is 104 cm³/mol. The number of nitrogens with zero attached hydrogens (tertiary/aromatic N) is 2. The molecule has 7 heteroatoms. The second-order valence-electron chi connectivity index (χ2n) is 5.85. The Labute approximate surface area is 161 Å². The summed E-state index contributed by atoms with van der Waals surface area (Å²) in [5.74, 6) is -0.278. The maximum Gasteiger partial charge on any atom is 0.347 e. The Bertz CT molecular complexity index is 980. The van der Waals surface area contributed by atoms with Crippen molar-refractivity contribution in [3.05, 3.63) is 71.0 Å². The van der Waals surface area contributed by atoms with E-state index in [0.717, 1.165) is 11.4 Å². The van der Waals surface area contributed by atoms with Gasteiger partial charge in [-0.15, -0.1) is 0 Å². The molecule has 3 rings (SSSR count). The lowest BCUT2D eigenvalue weighted by Gasteiger charge is -2.09. The molecule has 138 valence electrons. The lowest BCUT2D eigenvalue weighted by Crippen LogP contribution is -2.12. The van der Waals surface area contributed by atoms with Gasteiger partial charge in [-0.1, -0.05) is 24.6 Å². The third kappa shape index (κ3) is 4.35. The van der Waals surface area contributed by atoms with Gasteiger partial charge in [0, 0.05) is 17.6 Å². The van der Waals surface area contributed by atoms with Gasteiger partial charge in [-0.3, -0.25) is 4.79 Å². The van der Waals surface area contributed by atoms with Crippen LogP contribution in [-0.2, 0) is 11.2 Å². The molecule has 1 aromatic heterocycles. The topological polar surface area (TPSA) is 73.2 Å². The highest BCUT2D eigenvalue weighted by Crippen LogP contribution is 2.21. The molecule has 0 aliphatic rings. The minimum Gasteiger partial charge on any atom is -0.423 e. The third-order valence-corrected chi connectivity index (χ3v) is 4.10. The number of carbonyl (C=O) groups excluding carboxylic acids is 2. The predicted octanol–water partition coefficient (Wildman–Crippen LogP) is 4.27. The average molecular weight is 384 g/mol. The molecular formula is C20H18ClN3O3. The summed E-state index contributed by atoms with van der Waals surface area (Å²) in [5.41, 5.74) is 2.53. The summed E-state index contributed by atoms with van der Waals surface area (Å²) in [7, 11) is 0. The molecule has 0 fully saturated rings. The van der Waals surface area contributed by atoms with E-state index in [4.69, 9.17) is 16.3 Å². The van der Waals surface area contributed by atoms with Gasteiger partial charge in [0.2, 0.25) is 5.91 Å². The third-order valence-electron chi connectivity index (χ3n) is 3.86. The van der Waals surface area contributed by atoms with Crippen molar-refractivity contribution < 1.29 is 14.3 Å². The van der Waals surface area contributed by atoms with Gasteiger partial charge < -0.3 is 10.1 Å². The molecule has 6 nitrogen and oxygen atoms in total. The summed E-state index contributed by atoms with van der Waals surface area (Å²) >= 11 is 6.05. The number of hydrogen-bond acceptors (Lipinski definition) is 4. The molecule has 3 aromatic rings. The van der Waals surface area contributed by atoms with Gasteiger partial charge in [-0.2, -0.15) is 5.10 Å². The van der Waals surface area contributed by atoms with Crippen LogP contribution in [0.1, 0.15) is 29.9 Å². The molecule has 0 saturated carbocycles. The Morgan fingerprint density at radius 3 is 2.56 bits per heavy atom. The van der Waals surface area contributed by atoms with Crippen molar-refractivity contribution in [2.45, 2.75) is 20.3 Å². The molecule has 27 heavy (non-hydrogen) atoms. The Morgan fingerprint density at radius 1 is 1.19 bits per heavy atom. The van der Waals surface area contributed by atoms with Crippen molar-refractivity contribution in [1.82, 2.24) is 9.78 Å². The number of amides is 1. The fourth-order valence-corrected chi connectivity index (χ4v) is 2.87. The van der Waals surface area contributed by atoms with E-state index in [1.165, 1.54) is 13.1 Å². The van der Waals surface area contributed by atoms with Crippen LogP contribution in [0.25, 0.3) is 5.69 Å². The first-order valence-electron chi connectivity index (χ1n) is 8.40. The van der Waals surface area contributed by atoms with Crippen LogP contribution < -0.4 is 10.1 Å². The van der Waals surface area contributed by atoms with Crippen LogP contribution >= 0.6 is 11.6 Å². The van der Waals surface area contributed by atoms with Crippen LogP contribution in [0.4, 0.5) is 5.69 Å². The van der Waals surface area contributed by atoms with E-state index < -0.39 is 5.97 Å². The molecule has 0 bridgehead atoms. The van der Waals surface area contributed by atoms with Crippen molar-refractivity contribution in [3.63, 3.8) is 0 Å². The molecular weight excluding hydrogens is 366 g/mol. The van der Waals surface area contributed by atoms with Gasteiger partial charge in [-0.05, 0) is 48.9 Å². The van der Waals surface area contributed by atoms with E-state index >= 15 is 0 Å². The fourth-order valence-electron chi connectivity index (χ4n) is 2.69. The number of halogens is 1. The van der Waals surface area contributed by atoms with E-state index in [0.29, 0.717) is 28.4 Å². The van der Waals surface area contributed by atoms with Gasteiger partial charge in [0.15, 0.2) is 0 Å². The van der Waals surface area contributed by atoms with Crippen molar-refractivity contribution in [2.75, 3.05) is 5.32 Å². The molecule has 0 radical (unpaired) electrons. The number of ether oxygens (including phenoxy) is 1. The minimum atomic E-state index is -0.493. The molecule has 0 aliphatic heterocycles. The summed E-state index contributed by atoms with van der Waals surface area (Å²) in [5, 5.41) is 7.57. The molecule has 1 N–H and O–H groups in total. The van der Waals surface area contributed by atoms with E-state index in [-0.39, 0.29) is 5.91 Å². The van der Waals surface area contributed by atoms with Gasteiger partial charge in [0.1, 0.15) is 11.3 Å². The highest BCUT2D eigenvalue weighted by molar-refractivity contribution is 6.30. The summed E-state index contributed by atoms with van der Waals surface area (Å²) in [6.07, 6.45) is 2.09. The number of anilines is 1. The lowest BCUT2D eigenvalue weighted by molar-refractivity contribution is -0.114. The average Bonchev–Trinajstić information content (AvgIpc) is 3.07. The SMILES string of the molecule is CCc1c(C(=O)Oc2ccc(NC(C)=O)cc2)cnn1-c1cccc(Cl)c1. The van der Waals surface area contributed by atoms with Gasteiger partial charge in [-0.25, -0.2) is 9.48 Å². The maximum atomic E-state index is 12.6. The van der Waals surface area contributed by atoms with Crippen molar-refractivity contribution >= 4 is 29.2 Å². The van der Waals surface area contributed by atoms with E-state index in [1.807, 2.05) is 19.1 Å². The largest absolute Gasteiger partial charge is 0.423 e. The van der Waals surface area contributed by atoms with Gasteiger partial charge in [0.05, 0.1) is 17.6 Å². The number of aromatic nitrogens is 2. The fraction of sp³-hybridized carbons (Fsp3) is 0.150. The molecule has 0 saturated heterocycles. The van der Waals surface area contributed by atoms with E-state index in [1.54, 1.807) is 41.1 Å². The van der Waals surface area contributed by atoms with Crippen molar-refractivity contribution in [3.8, 4) is 11.4 Å². The zero-order chi connectivity index (χ0) is 19.4. The van der Waals surface area contributed by atoms with Crippen LogP contribution in [-0.4, -0.2) is 21.7 Å². The van der Waals surface area contributed by atoms with Crippen LogP contribution in [0.3, 0.4) is 0 Å². The molecule has 0 spiro atoms. The highest BCUT2D eigenvalue weighted by atomic mass is 35.5. The molecule has 0 aliphatic carbocycles. The quantitative estimate of drug-likeness (QED) is 0.527. The van der Waals surface area contributed by atoms with E-state index in [9.17, 15) is 9.59 Å². The first kappa shape index (κ1) is 18.7. The number of benzene rings is 2. The Balaban J connectivity index is 1.82. The summed E-state index contributed by atoms with van der Waals surface area (Å²) in [6, 6.07) is 13.8. The maximum absolute atomic E-state index is 12.6. The first-order valence-corrected chi connectivity index (χ1v) is 8.78. The lowest BCUT2D eigenvalue weighted by atomic mass is 10.2. The van der Waals surface area contributed by atoms with Crippen LogP contribution in [0.15, 0.2) is 54.7 Å². The zero-order valence-corrected chi connectivity index (χ0v) is 15.7. The second kappa shape index (κ2) is 8.05. The van der Waals surface area contributed by atoms with Gasteiger partial charge >= 0.3 is 5.97 Å². The first-order chi connectivity index (χ1) is 13.0. The summed E-state index contributed by atoms with van der Waals surface area (Å²) in [6.45, 7) is 3.37. The van der Waals surface area contributed by atoms with Gasteiger partial charge in [0.25, 0.3) is 0 Å². The Hall–Kier alpha value is -3.12. The minimum absolute atomic E-state index is 0.166. The Kier molecular flexibility index (Phi) is 5.57. The van der Waals surface area contributed by atoms with Crippen LogP contribution in [0.2, 0.25) is 5.02 Å². The number of esters is 1. The number of nitrogens with one attached hydrogen (secondary N) is 1. The van der Waals surface area contributed by atoms with Crippen molar-refractivity contribution in [2.24, 2.45) is 0 Å². The molecule has 1 amide bonds. The molecule has 2 aromatic carbocycles. The number of rotatable bonds is 5.